The van der Waals surface area contributed by atoms with E-state index in [9.17, 15) is 0 Å². The molecule has 0 aliphatic rings. The van der Waals surface area contributed by atoms with E-state index in [1.807, 2.05) is 0 Å². The summed E-state index contributed by atoms with van der Waals surface area (Å²) in [5.41, 5.74) is 0. The van der Waals surface area contributed by atoms with Crippen LogP contribution >= 0.6 is 0 Å². The van der Waals surface area contributed by atoms with Crippen LogP contribution in [0.2, 0.25) is 0 Å². The molecule has 0 aliphatic heterocycles. The van der Waals surface area contributed by atoms with Gasteiger partial charge in [0.15, 0.2) is 0 Å². The molecule has 0 saturated carbocycles. The number of likely N-dealkylation sites (N-methyl/N-ethyl adjacent to an activating group) is 1. The first kappa shape index (κ1) is 43.8. The lowest BCUT2D eigenvalue weighted by Crippen LogP contribution is -2.36. The minimum Gasteiger partial charge on any atom is -0.379 e. The number of ether oxygens (including phenoxy) is 3. The van der Waals surface area contributed by atoms with E-state index >= 15 is 0 Å². The maximum Gasteiger partial charge on any atom is 0.0939 e. The molecule has 0 bridgehead atoms. The zero-order valence-corrected chi connectivity index (χ0v) is 30.8. The Morgan fingerprint density at radius 2 is 0.889 bits per heavy atom. The van der Waals surface area contributed by atoms with Crippen molar-refractivity contribution in [3.05, 3.63) is 48.6 Å². The molecule has 0 rings (SSSR count). The Hall–Kier alpha value is -1.20. The predicted molar refractivity (Wildman–Crippen MR) is 199 cm³/mol. The molecule has 2 atom stereocenters. The number of rotatable bonds is 35. The first-order valence-electron chi connectivity index (χ1n) is 19.2. The van der Waals surface area contributed by atoms with E-state index in [1.54, 1.807) is 0 Å². The van der Waals surface area contributed by atoms with Gasteiger partial charge in [0, 0.05) is 19.8 Å². The van der Waals surface area contributed by atoms with Gasteiger partial charge in [-0.1, -0.05) is 120 Å². The van der Waals surface area contributed by atoms with Gasteiger partial charge in [0.05, 0.1) is 25.4 Å². The Balaban J connectivity index is 3.71. The van der Waals surface area contributed by atoms with Crippen LogP contribution in [0.1, 0.15) is 156 Å². The van der Waals surface area contributed by atoms with Gasteiger partial charge in [-0.15, -0.1) is 0 Å². The second-order valence-electron chi connectivity index (χ2n) is 13.1. The maximum atomic E-state index is 6.30. The fraction of sp³-hybridized carbons (Fsp3) is 0.805. The van der Waals surface area contributed by atoms with Crippen molar-refractivity contribution in [1.82, 2.24) is 4.90 Å². The van der Waals surface area contributed by atoms with Crippen LogP contribution in [-0.4, -0.2) is 64.2 Å². The summed E-state index contributed by atoms with van der Waals surface area (Å²) in [6.07, 6.45) is 45.1. The Bertz CT molecular complexity index is 684. The zero-order valence-electron chi connectivity index (χ0n) is 30.8. The monoisotopic (exact) mass is 632 g/mol. The van der Waals surface area contributed by atoms with E-state index in [0.717, 1.165) is 45.4 Å². The van der Waals surface area contributed by atoms with Crippen molar-refractivity contribution in [2.75, 3.05) is 47.1 Å². The van der Waals surface area contributed by atoms with Crippen LogP contribution in [0, 0.1) is 0 Å². The van der Waals surface area contributed by atoms with E-state index in [4.69, 9.17) is 14.2 Å². The van der Waals surface area contributed by atoms with E-state index in [-0.39, 0.29) is 12.2 Å². The van der Waals surface area contributed by atoms with Crippen molar-refractivity contribution < 1.29 is 14.2 Å². The molecular formula is C41H77NO3. The second-order valence-corrected chi connectivity index (χ2v) is 13.1. The summed E-state index contributed by atoms with van der Waals surface area (Å²) in [7, 11) is 4.20. The molecule has 0 N–H and O–H groups in total. The molecule has 45 heavy (non-hydrogen) atoms. The van der Waals surface area contributed by atoms with Crippen LogP contribution in [0.3, 0.4) is 0 Å². The van der Waals surface area contributed by atoms with Gasteiger partial charge >= 0.3 is 0 Å². The number of hydrogen-bond acceptors (Lipinski definition) is 4. The molecule has 0 fully saturated rings. The zero-order chi connectivity index (χ0) is 32.9. The first-order valence-corrected chi connectivity index (χ1v) is 19.2. The molecule has 0 spiro atoms. The fourth-order valence-electron chi connectivity index (χ4n) is 5.23. The van der Waals surface area contributed by atoms with Gasteiger partial charge < -0.3 is 19.1 Å². The molecule has 0 saturated heterocycles. The normalized spacial score (nSPS) is 13.9. The Morgan fingerprint density at radius 1 is 0.489 bits per heavy atom. The average molecular weight is 632 g/mol. The highest BCUT2D eigenvalue weighted by Gasteiger charge is 2.15. The van der Waals surface area contributed by atoms with Crippen LogP contribution in [0.15, 0.2) is 48.6 Å². The van der Waals surface area contributed by atoms with Crippen molar-refractivity contribution in [3.8, 4) is 0 Å². The van der Waals surface area contributed by atoms with Crippen molar-refractivity contribution >= 4 is 0 Å². The lowest BCUT2D eigenvalue weighted by molar-refractivity contribution is -0.0848. The summed E-state index contributed by atoms with van der Waals surface area (Å²) in [6, 6.07) is 0. The lowest BCUT2D eigenvalue weighted by atomic mass is 10.1. The van der Waals surface area contributed by atoms with Gasteiger partial charge in [-0.2, -0.15) is 0 Å². The summed E-state index contributed by atoms with van der Waals surface area (Å²) in [6.45, 7) is 10.5. The second kappa shape index (κ2) is 37.3. The topological polar surface area (TPSA) is 30.9 Å². The van der Waals surface area contributed by atoms with Crippen LogP contribution in [-0.2, 0) is 14.2 Å². The fourth-order valence-corrected chi connectivity index (χ4v) is 5.23. The van der Waals surface area contributed by atoms with Crippen molar-refractivity contribution in [2.24, 2.45) is 0 Å². The molecule has 0 aromatic heterocycles. The summed E-state index contributed by atoms with van der Waals surface area (Å²) in [5.74, 6) is 0. The van der Waals surface area contributed by atoms with Crippen molar-refractivity contribution in [3.63, 3.8) is 0 Å². The molecule has 0 aliphatic carbocycles. The summed E-state index contributed by atoms with van der Waals surface area (Å²) >= 11 is 0. The van der Waals surface area contributed by atoms with Crippen LogP contribution in [0.25, 0.3) is 0 Å². The SMILES string of the molecule is CCCCC/C=C\C/C=C\CCCCCCCCOCC(CN(C)C)O[C@H](C)COCCCCC/C=C\C/C=C\CCCCC. The number of hydrogen-bond donors (Lipinski definition) is 0. The predicted octanol–water partition coefficient (Wildman–Crippen LogP) is 11.8. The van der Waals surface area contributed by atoms with Gasteiger partial charge in [0.1, 0.15) is 0 Å². The van der Waals surface area contributed by atoms with Gasteiger partial charge in [-0.25, -0.2) is 0 Å². The van der Waals surface area contributed by atoms with E-state index in [2.05, 4.69) is 88.4 Å². The third-order valence-electron chi connectivity index (χ3n) is 7.88. The molecule has 0 aromatic rings. The first-order chi connectivity index (χ1) is 22.1. The third-order valence-corrected chi connectivity index (χ3v) is 7.88. The number of nitrogens with zero attached hydrogens (tertiary/aromatic N) is 1. The third kappa shape index (κ3) is 37.1. The van der Waals surface area contributed by atoms with E-state index in [1.165, 1.54) is 109 Å². The largest absolute Gasteiger partial charge is 0.379 e. The minimum atomic E-state index is 0.0818. The Labute approximate surface area is 282 Å². The minimum absolute atomic E-state index is 0.0818. The molecule has 0 amide bonds. The van der Waals surface area contributed by atoms with Gasteiger partial charge in [-0.3, -0.25) is 0 Å². The number of unbranched alkanes of at least 4 members (excludes halogenated alkanes) is 15. The molecule has 0 heterocycles. The average Bonchev–Trinajstić information content (AvgIpc) is 3.02. The molecule has 1 unspecified atom stereocenters. The quantitative estimate of drug-likeness (QED) is 0.0514. The Morgan fingerprint density at radius 3 is 1.36 bits per heavy atom. The highest BCUT2D eigenvalue weighted by atomic mass is 16.6. The van der Waals surface area contributed by atoms with Crippen molar-refractivity contribution in [2.45, 2.75) is 168 Å². The molecular weight excluding hydrogens is 554 g/mol. The van der Waals surface area contributed by atoms with Crippen LogP contribution in [0.5, 0.6) is 0 Å². The van der Waals surface area contributed by atoms with Gasteiger partial charge in [-0.05, 0) is 98.1 Å². The van der Waals surface area contributed by atoms with Gasteiger partial charge in [0.2, 0.25) is 0 Å². The van der Waals surface area contributed by atoms with E-state index < -0.39 is 0 Å². The Kier molecular flexibility index (Phi) is 36.3. The van der Waals surface area contributed by atoms with E-state index in [0.29, 0.717) is 13.2 Å². The lowest BCUT2D eigenvalue weighted by Gasteiger charge is -2.25. The molecule has 4 nitrogen and oxygen atoms in total. The van der Waals surface area contributed by atoms with Gasteiger partial charge in [0.25, 0.3) is 0 Å². The van der Waals surface area contributed by atoms with Crippen molar-refractivity contribution in [1.29, 1.82) is 0 Å². The smallest absolute Gasteiger partial charge is 0.0939 e. The highest BCUT2D eigenvalue weighted by molar-refractivity contribution is 4.93. The molecule has 0 radical (unpaired) electrons. The summed E-state index contributed by atoms with van der Waals surface area (Å²) < 4.78 is 18.3. The summed E-state index contributed by atoms with van der Waals surface area (Å²) in [5, 5.41) is 0. The standard InChI is InChI=1S/C41H77NO3/c1-6-8-10-12-14-16-18-20-21-22-24-26-28-30-32-34-36-44-39-41(37-42(4)5)45-40(3)38-43-35-33-31-29-27-25-23-19-17-15-13-11-9-7-2/h14-17,20-21,23,25,40-41H,6-13,18-19,22,24,26-39H2,1-5H3/b16-14-,17-15-,21-20-,25-23-/t40-,41?/m1/s1. The van der Waals surface area contributed by atoms with Crippen LogP contribution < -0.4 is 0 Å². The number of allylic oxidation sites excluding steroid dienone is 8. The maximum absolute atomic E-state index is 6.30. The highest BCUT2D eigenvalue weighted by Crippen LogP contribution is 2.10. The molecule has 264 valence electrons. The molecule has 4 heteroatoms. The summed E-state index contributed by atoms with van der Waals surface area (Å²) in [4.78, 5) is 2.18. The van der Waals surface area contributed by atoms with Crippen LogP contribution in [0.4, 0.5) is 0 Å². The molecule has 0 aromatic carbocycles.